The Kier molecular flexibility index (Phi) is 4.66. The van der Waals surface area contributed by atoms with E-state index in [2.05, 4.69) is 31.1 Å². The molecule has 0 fully saturated rings. The highest BCUT2D eigenvalue weighted by atomic mass is 32.1. The number of ketones is 1. The van der Waals surface area contributed by atoms with Gasteiger partial charge in [0.2, 0.25) is 0 Å². The summed E-state index contributed by atoms with van der Waals surface area (Å²) in [4.78, 5) is 16.0. The van der Waals surface area contributed by atoms with Crippen LogP contribution >= 0.6 is 11.3 Å². The van der Waals surface area contributed by atoms with E-state index in [1.54, 1.807) is 11.3 Å². The largest absolute Gasteiger partial charge is 0.300 e. The quantitative estimate of drug-likeness (QED) is 0.783. The fraction of sp³-hybridized carbons (Fsp3) is 0.692. The van der Waals surface area contributed by atoms with Gasteiger partial charge in [0.25, 0.3) is 0 Å². The molecule has 1 rings (SSSR count). The molecule has 0 spiro atoms. The van der Waals surface area contributed by atoms with E-state index in [9.17, 15) is 4.79 Å². The number of aryl methyl sites for hydroxylation is 1. The zero-order chi connectivity index (χ0) is 12.2. The van der Waals surface area contributed by atoms with E-state index in [4.69, 9.17) is 0 Å². The normalized spacial score (nSPS) is 11.8. The average Bonchev–Trinajstić information content (AvgIpc) is 2.63. The maximum absolute atomic E-state index is 11.4. The average molecular weight is 239 g/mol. The number of thiazole rings is 1. The second kappa shape index (κ2) is 5.58. The lowest BCUT2D eigenvalue weighted by atomic mass is 9.93. The predicted octanol–water partition coefficient (Wildman–Crippen LogP) is 3.74. The van der Waals surface area contributed by atoms with Crippen molar-refractivity contribution < 1.29 is 4.79 Å². The molecule has 16 heavy (non-hydrogen) atoms. The molecule has 0 unspecified atom stereocenters. The summed E-state index contributed by atoms with van der Waals surface area (Å²) in [7, 11) is 0. The number of carbonyl (C=O) groups excluding carboxylic acids is 1. The van der Waals surface area contributed by atoms with Gasteiger partial charge in [0.05, 0.1) is 10.7 Å². The summed E-state index contributed by atoms with van der Waals surface area (Å²) in [5.74, 6) is 0.356. The smallest absolute Gasteiger partial charge is 0.133 e. The van der Waals surface area contributed by atoms with E-state index in [0.717, 1.165) is 23.5 Å². The van der Waals surface area contributed by atoms with E-state index in [1.807, 2.05) is 6.92 Å². The predicted molar refractivity (Wildman–Crippen MR) is 69.1 cm³/mol. The van der Waals surface area contributed by atoms with Gasteiger partial charge in [0.15, 0.2) is 0 Å². The van der Waals surface area contributed by atoms with Crippen molar-refractivity contribution in [1.29, 1.82) is 0 Å². The maximum atomic E-state index is 11.4. The number of Topliss-reactive ketones (excluding diaryl/α,β-unsaturated/α-hetero) is 1. The van der Waals surface area contributed by atoms with Crippen LogP contribution in [0.3, 0.4) is 0 Å². The molecular formula is C13H21NOS. The Hall–Kier alpha value is -0.700. The molecule has 3 heteroatoms. The zero-order valence-corrected chi connectivity index (χ0v) is 11.5. The van der Waals surface area contributed by atoms with Crippen LogP contribution in [0.5, 0.6) is 0 Å². The monoisotopic (exact) mass is 239 g/mol. The Morgan fingerprint density at radius 2 is 2.06 bits per heavy atom. The first kappa shape index (κ1) is 13.4. The minimum Gasteiger partial charge on any atom is -0.300 e. The van der Waals surface area contributed by atoms with Crippen LogP contribution in [0.2, 0.25) is 0 Å². The number of hydrogen-bond acceptors (Lipinski definition) is 3. The van der Waals surface area contributed by atoms with E-state index < -0.39 is 0 Å². The molecule has 1 heterocycles. The van der Waals surface area contributed by atoms with Crippen LogP contribution < -0.4 is 0 Å². The number of hydrogen-bond donors (Lipinski definition) is 0. The molecule has 0 aliphatic rings. The third kappa shape index (κ3) is 4.05. The molecule has 0 N–H and O–H groups in total. The summed E-state index contributed by atoms with van der Waals surface area (Å²) in [6, 6.07) is 0. The fourth-order valence-corrected chi connectivity index (χ4v) is 2.45. The SMILES string of the molecule is CCCC(=O)CCc1nc(C(C)(C)C)cs1. The van der Waals surface area contributed by atoms with Gasteiger partial charge in [0.1, 0.15) is 5.78 Å². The molecule has 0 aliphatic heterocycles. The van der Waals surface area contributed by atoms with Crippen LogP contribution in [-0.4, -0.2) is 10.8 Å². The van der Waals surface area contributed by atoms with Gasteiger partial charge in [-0.05, 0) is 6.42 Å². The molecule has 0 aromatic carbocycles. The molecule has 2 nitrogen and oxygen atoms in total. The van der Waals surface area contributed by atoms with Gasteiger partial charge < -0.3 is 0 Å². The summed E-state index contributed by atoms with van der Waals surface area (Å²) in [5.41, 5.74) is 1.25. The van der Waals surface area contributed by atoms with Gasteiger partial charge in [-0.25, -0.2) is 4.98 Å². The van der Waals surface area contributed by atoms with Gasteiger partial charge in [0, 0.05) is 30.1 Å². The Bertz CT molecular complexity index is 349. The van der Waals surface area contributed by atoms with Gasteiger partial charge >= 0.3 is 0 Å². The van der Waals surface area contributed by atoms with Gasteiger partial charge in [-0.15, -0.1) is 11.3 Å². The van der Waals surface area contributed by atoms with Crippen LogP contribution in [0, 0.1) is 0 Å². The second-order valence-electron chi connectivity index (χ2n) is 5.17. The Morgan fingerprint density at radius 1 is 1.38 bits per heavy atom. The Balaban J connectivity index is 2.50. The first-order chi connectivity index (χ1) is 7.43. The molecule has 90 valence electrons. The number of nitrogens with zero attached hydrogens (tertiary/aromatic N) is 1. The highest BCUT2D eigenvalue weighted by Gasteiger charge is 2.17. The Morgan fingerprint density at radius 3 is 2.56 bits per heavy atom. The summed E-state index contributed by atoms with van der Waals surface area (Å²) in [6.07, 6.45) is 3.10. The molecule has 1 aromatic heterocycles. The zero-order valence-electron chi connectivity index (χ0n) is 10.7. The molecular weight excluding hydrogens is 218 g/mol. The first-order valence-electron chi connectivity index (χ1n) is 5.90. The van der Waals surface area contributed by atoms with Crippen LogP contribution in [0.25, 0.3) is 0 Å². The molecule has 0 aliphatic carbocycles. The fourth-order valence-electron chi connectivity index (χ4n) is 1.42. The molecule has 0 radical (unpaired) electrons. The topological polar surface area (TPSA) is 30.0 Å². The highest BCUT2D eigenvalue weighted by molar-refractivity contribution is 7.09. The number of rotatable bonds is 5. The van der Waals surface area contributed by atoms with Crippen molar-refractivity contribution in [2.75, 3.05) is 0 Å². The summed E-state index contributed by atoms with van der Waals surface area (Å²) in [6.45, 7) is 8.52. The Labute approximate surface area is 102 Å². The number of aromatic nitrogens is 1. The molecule has 1 aromatic rings. The lowest BCUT2D eigenvalue weighted by molar-refractivity contribution is -0.119. The van der Waals surface area contributed by atoms with E-state index >= 15 is 0 Å². The number of carbonyl (C=O) groups is 1. The van der Waals surface area contributed by atoms with E-state index in [0.29, 0.717) is 18.6 Å². The van der Waals surface area contributed by atoms with Crippen molar-refractivity contribution in [3.05, 3.63) is 16.1 Å². The first-order valence-corrected chi connectivity index (χ1v) is 6.78. The minimum absolute atomic E-state index is 0.113. The van der Waals surface area contributed by atoms with E-state index in [-0.39, 0.29) is 5.41 Å². The molecule has 0 amide bonds. The maximum Gasteiger partial charge on any atom is 0.133 e. The standard InChI is InChI=1S/C13H21NOS/c1-5-6-10(15)7-8-12-14-11(9-16-12)13(2,3)4/h9H,5-8H2,1-4H3. The van der Waals surface area contributed by atoms with Crippen LogP contribution in [0.1, 0.15) is 57.7 Å². The van der Waals surface area contributed by atoms with Crippen molar-refractivity contribution in [1.82, 2.24) is 4.98 Å². The molecule has 0 saturated carbocycles. The second-order valence-corrected chi connectivity index (χ2v) is 6.11. The van der Waals surface area contributed by atoms with Crippen molar-refractivity contribution in [2.24, 2.45) is 0 Å². The molecule has 0 bridgehead atoms. The lowest BCUT2D eigenvalue weighted by Gasteiger charge is -2.14. The van der Waals surface area contributed by atoms with Gasteiger partial charge in [-0.3, -0.25) is 4.79 Å². The molecule has 0 atom stereocenters. The van der Waals surface area contributed by atoms with E-state index in [1.165, 1.54) is 0 Å². The van der Waals surface area contributed by atoms with Crippen molar-refractivity contribution in [3.63, 3.8) is 0 Å². The third-order valence-electron chi connectivity index (χ3n) is 2.47. The lowest BCUT2D eigenvalue weighted by Crippen LogP contribution is -2.11. The van der Waals surface area contributed by atoms with Crippen LogP contribution in [0.15, 0.2) is 5.38 Å². The third-order valence-corrected chi connectivity index (χ3v) is 3.38. The molecule has 0 saturated heterocycles. The summed E-state index contributed by atoms with van der Waals surface area (Å²) >= 11 is 1.67. The van der Waals surface area contributed by atoms with Crippen LogP contribution in [0.4, 0.5) is 0 Å². The van der Waals surface area contributed by atoms with Gasteiger partial charge in [-0.2, -0.15) is 0 Å². The van der Waals surface area contributed by atoms with Crippen molar-refractivity contribution in [3.8, 4) is 0 Å². The highest BCUT2D eigenvalue weighted by Crippen LogP contribution is 2.24. The summed E-state index contributed by atoms with van der Waals surface area (Å²) in [5, 5.41) is 3.20. The van der Waals surface area contributed by atoms with Crippen molar-refractivity contribution >= 4 is 17.1 Å². The van der Waals surface area contributed by atoms with Gasteiger partial charge in [-0.1, -0.05) is 27.7 Å². The van der Waals surface area contributed by atoms with Crippen molar-refractivity contribution in [2.45, 2.75) is 58.8 Å². The minimum atomic E-state index is 0.113. The van der Waals surface area contributed by atoms with Crippen LogP contribution in [-0.2, 0) is 16.6 Å². The summed E-state index contributed by atoms with van der Waals surface area (Å²) < 4.78 is 0.